The molecule has 0 aliphatic rings. The van der Waals surface area contributed by atoms with Crippen LogP contribution in [-0.4, -0.2) is 21.7 Å². The molecule has 6 heteroatoms. The summed E-state index contributed by atoms with van der Waals surface area (Å²) >= 11 is 6.00. The van der Waals surface area contributed by atoms with Gasteiger partial charge in [0.15, 0.2) is 0 Å². The maximum absolute atomic E-state index is 13.3. The smallest absolute Gasteiger partial charge is 0.246 e. The molecule has 0 unspecified atom stereocenters. The fourth-order valence-corrected chi connectivity index (χ4v) is 3.94. The van der Waals surface area contributed by atoms with Crippen molar-refractivity contribution < 1.29 is 4.79 Å². The molecule has 1 aromatic heterocycles. The minimum Gasteiger partial charge on any atom is -0.324 e. The van der Waals surface area contributed by atoms with Gasteiger partial charge in [-0.3, -0.25) is 14.8 Å². The first-order valence-corrected chi connectivity index (χ1v) is 11.3. The third-order valence-electron chi connectivity index (χ3n) is 5.49. The summed E-state index contributed by atoms with van der Waals surface area (Å²) in [5.74, 6) is -0.0988. The molecule has 5 nitrogen and oxygen atoms in total. The molecular weight excluding hydrogens is 432 g/mol. The maximum atomic E-state index is 13.3. The molecule has 0 spiro atoms. The number of nitrogens with one attached hydrogen (secondary N) is 2. The van der Waals surface area contributed by atoms with Gasteiger partial charge in [0.05, 0.1) is 6.20 Å². The quantitative estimate of drug-likeness (QED) is 0.359. The van der Waals surface area contributed by atoms with Crippen LogP contribution in [0.2, 0.25) is 5.02 Å². The van der Waals surface area contributed by atoms with Crippen LogP contribution >= 0.6 is 11.6 Å². The zero-order chi connectivity index (χ0) is 23.2. The fourth-order valence-electron chi connectivity index (χ4n) is 3.82. The number of halogens is 1. The Bertz CT molecular complexity index is 1190. The van der Waals surface area contributed by atoms with Gasteiger partial charge in [-0.2, -0.15) is 5.10 Å². The van der Waals surface area contributed by atoms with Crippen LogP contribution in [-0.2, 0) is 18.3 Å². The van der Waals surface area contributed by atoms with Crippen molar-refractivity contribution in [2.24, 2.45) is 7.05 Å². The van der Waals surface area contributed by atoms with Gasteiger partial charge in [-0.15, -0.1) is 0 Å². The lowest BCUT2D eigenvalue weighted by Gasteiger charge is -2.23. The summed E-state index contributed by atoms with van der Waals surface area (Å²) in [6.07, 6.45) is 4.57. The Labute approximate surface area is 199 Å². The molecule has 1 amide bonds. The number of carbonyl (C=O) groups is 1. The normalized spacial score (nSPS) is 12.8. The molecule has 2 atom stereocenters. The number of amides is 1. The summed E-state index contributed by atoms with van der Waals surface area (Å²) in [5, 5.41) is 11.5. The van der Waals surface area contributed by atoms with E-state index in [9.17, 15) is 4.79 Å². The number of carbonyl (C=O) groups excluding carboxylic acids is 1. The van der Waals surface area contributed by atoms with Gasteiger partial charge >= 0.3 is 0 Å². The summed E-state index contributed by atoms with van der Waals surface area (Å²) < 4.78 is 1.77. The highest BCUT2D eigenvalue weighted by atomic mass is 35.5. The second kappa shape index (κ2) is 10.5. The summed E-state index contributed by atoms with van der Waals surface area (Å²) in [6.45, 7) is 2.08. The standard InChI is InChI=1S/C27H27ClN4O/c1-19(16-20-8-12-24(28)13-9-20)30-26(22-6-4-3-5-7-22)27(33)31-25-14-10-21(11-15-25)23-17-29-32(2)18-23/h3-15,17-19,26,30H,16H2,1-2H3,(H,31,33)/t19-,26-/m1/s1. The number of anilines is 1. The highest BCUT2D eigenvalue weighted by Gasteiger charge is 2.22. The molecule has 0 saturated heterocycles. The lowest BCUT2D eigenvalue weighted by atomic mass is 10.0. The lowest BCUT2D eigenvalue weighted by Crippen LogP contribution is -2.39. The van der Waals surface area contributed by atoms with Gasteiger partial charge in [-0.05, 0) is 54.3 Å². The number of rotatable bonds is 8. The summed E-state index contributed by atoms with van der Waals surface area (Å²) in [5.41, 5.74) is 4.92. The van der Waals surface area contributed by atoms with Crippen molar-refractivity contribution in [1.82, 2.24) is 15.1 Å². The molecule has 4 rings (SSSR count). The average Bonchev–Trinajstić information content (AvgIpc) is 3.26. The minimum atomic E-state index is -0.480. The summed E-state index contributed by atoms with van der Waals surface area (Å²) in [4.78, 5) is 13.3. The Kier molecular flexibility index (Phi) is 7.23. The van der Waals surface area contributed by atoms with Crippen LogP contribution in [0.25, 0.3) is 11.1 Å². The Hall–Kier alpha value is -3.41. The molecule has 0 saturated carbocycles. The van der Waals surface area contributed by atoms with Gasteiger partial charge in [0.25, 0.3) is 0 Å². The van der Waals surface area contributed by atoms with Crippen LogP contribution in [0, 0.1) is 0 Å². The van der Waals surface area contributed by atoms with Crippen LogP contribution < -0.4 is 10.6 Å². The van der Waals surface area contributed by atoms with Crippen LogP contribution in [0.15, 0.2) is 91.3 Å². The Morgan fingerprint density at radius 3 is 2.30 bits per heavy atom. The Morgan fingerprint density at radius 2 is 1.67 bits per heavy atom. The van der Waals surface area contributed by atoms with Gasteiger partial charge in [0.1, 0.15) is 6.04 Å². The van der Waals surface area contributed by atoms with E-state index in [-0.39, 0.29) is 11.9 Å². The second-order valence-electron chi connectivity index (χ2n) is 8.21. The first kappa shape index (κ1) is 22.8. The number of aryl methyl sites for hydroxylation is 1. The van der Waals surface area contributed by atoms with Gasteiger partial charge in [-0.25, -0.2) is 0 Å². The third-order valence-corrected chi connectivity index (χ3v) is 5.74. The molecule has 33 heavy (non-hydrogen) atoms. The Balaban J connectivity index is 1.47. The van der Waals surface area contributed by atoms with Crippen molar-refractivity contribution in [1.29, 1.82) is 0 Å². The van der Waals surface area contributed by atoms with Crippen molar-refractivity contribution in [3.8, 4) is 11.1 Å². The molecule has 0 radical (unpaired) electrons. The van der Waals surface area contributed by atoms with Crippen molar-refractivity contribution >= 4 is 23.2 Å². The molecular formula is C27H27ClN4O. The minimum absolute atomic E-state index is 0.0788. The molecule has 0 fully saturated rings. The molecule has 168 valence electrons. The summed E-state index contributed by atoms with van der Waals surface area (Å²) in [6, 6.07) is 25.0. The van der Waals surface area contributed by atoms with Crippen LogP contribution in [0.1, 0.15) is 24.1 Å². The number of hydrogen-bond acceptors (Lipinski definition) is 3. The number of aromatic nitrogens is 2. The molecule has 2 N–H and O–H groups in total. The maximum Gasteiger partial charge on any atom is 0.246 e. The van der Waals surface area contributed by atoms with E-state index in [0.29, 0.717) is 0 Å². The molecule has 4 aromatic rings. The van der Waals surface area contributed by atoms with Crippen LogP contribution in [0.5, 0.6) is 0 Å². The van der Waals surface area contributed by atoms with Crippen LogP contribution in [0.4, 0.5) is 5.69 Å². The summed E-state index contributed by atoms with van der Waals surface area (Å²) in [7, 11) is 1.89. The van der Waals surface area contributed by atoms with E-state index >= 15 is 0 Å². The molecule has 1 heterocycles. The van der Waals surface area contributed by atoms with Crippen molar-refractivity contribution in [3.63, 3.8) is 0 Å². The van der Waals surface area contributed by atoms with Gasteiger partial charge < -0.3 is 5.32 Å². The van der Waals surface area contributed by atoms with E-state index in [0.717, 1.165) is 39.4 Å². The van der Waals surface area contributed by atoms with E-state index in [1.54, 1.807) is 4.68 Å². The van der Waals surface area contributed by atoms with Crippen molar-refractivity contribution in [2.45, 2.75) is 25.4 Å². The zero-order valence-electron chi connectivity index (χ0n) is 18.7. The van der Waals surface area contributed by atoms with E-state index < -0.39 is 6.04 Å². The number of nitrogens with zero attached hydrogens (tertiary/aromatic N) is 2. The first-order chi connectivity index (χ1) is 16.0. The van der Waals surface area contributed by atoms with E-state index in [4.69, 9.17) is 11.6 Å². The van der Waals surface area contributed by atoms with Gasteiger partial charge in [-0.1, -0.05) is 66.2 Å². The van der Waals surface area contributed by atoms with Crippen molar-refractivity contribution in [2.75, 3.05) is 5.32 Å². The molecule has 0 bridgehead atoms. The van der Waals surface area contributed by atoms with Gasteiger partial charge in [0.2, 0.25) is 5.91 Å². The predicted molar refractivity (Wildman–Crippen MR) is 134 cm³/mol. The SMILES string of the molecule is C[C@H](Cc1ccc(Cl)cc1)N[C@@H](C(=O)Nc1ccc(-c2cnn(C)c2)cc1)c1ccccc1. The highest BCUT2D eigenvalue weighted by molar-refractivity contribution is 6.30. The highest BCUT2D eigenvalue weighted by Crippen LogP contribution is 2.22. The van der Waals surface area contributed by atoms with Crippen LogP contribution in [0.3, 0.4) is 0 Å². The lowest BCUT2D eigenvalue weighted by molar-refractivity contribution is -0.118. The molecule has 0 aliphatic heterocycles. The topological polar surface area (TPSA) is 59.0 Å². The third kappa shape index (κ3) is 6.09. The predicted octanol–water partition coefficient (Wildman–Crippen LogP) is 5.64. The monoisotopic (exact) mass is 458 g/mol. The van der Waals surface area contributed by atoms with E-state index in [2.05, 4.69) is 22.7 Å². The van der Waals surface area contributed by atoms with Gasteiger partial charge in [0, 0.05) is 35.6 Å². The molecule has 0 aliphatic carbocycles. The second-order valence-corrected chi connectivity index (χ2v) is 8.65. The zero-order valence-corrected chi connectivity index (χ0v) is 19.5. The van der Waals surface area contributed by atoms with Crippen molar-refractivity contribution in [3.05, 3.63) is 107 Å². The Morgan fingerprint density at radius 1 is 0.970 bits per heavy atom. The fraction of sp³-hybridized carbons (Fsp3) is 0.185. The first-order valence-electron chi connectivity index (χ1n) is 10.9. The largest absolute Gasteiger partial charge is 0.324 e. The van der Waals surface area contributed by atoms with E-state index in [1.165, 1.54) is 0 Å². The number of benzene rings is 3. The molecule has 3 aromatic carbocycles. The average molecular weight is 459 g/mol. The number of hydrogen-bond donors (Lipinski definition) is 2. The van der Waals surface area contributed by atoms with E-state index in [1.807, 2.05) is 98.3 Å².